The van der Waals surface area contributed by atoms with Gasteiger partial charge in [0, 0.05) is 30.1 Å². The first-order valence-corrected chi connectivity index (χ1v) is 8.92. The van der Waals surface area contributed by atoms with Crippen LogP contribution < -0.4 is 5.32 Å². The molecule has 2 atom stereocenters. The number of hydrogen-bond acceptors (Lipinski definition) is 4. The van der Waals surface area contributed by atoms with E-state index in [1.165, 1.54) is 54.4 Å². The fourth-order valence-corrected chi connectivity index (χ4v) is 4.54. The summed E-state index contributed by atoms with van der Waals surface area (Å²) < 4.78 is 0. The lowest BCUT2D eigenvalue weighted by Crippen LogP contribution is -2.57. The number of piperazine rings is 1. The van der Waals surface area contributed by atoms with Crippen molar-refractivity contribution in [1.82, 2.24) is 15.2 Å². The van der Waals surface area contributed by atoms with Crippen molar-refractivity contribution < 1.29 is 0 Å². The molecule has 2 unspecified atom stereocenters. The number of aromatic nitrogens is 1. The van der Waals surface area contributed by atoms with Crippen molar-refractivity contribution in [3.8, 4) is 0 Å². The standard InChI is InChI=1S/C16H25N3S/c1-10-11(2)20-16(18-10)9-19-8-14(12-3-4-12)17-7-15(19)13-5-6-13/h12-15,17H,3-9H2,1-2H3. The molecule has 20 heavy (non-hydrogen) atoms. The number of rotatable bonds is 4. The van der Waals surface area contributed by atoms with Crippen molar-refractivity contribution >= 4 is 11.3 Å². The maximum atomic E-state index is 4.76. The second kappa shape index (κ2) is 5.08. The maximum Gasteiger partial charge on any atom is 0.107 e. The van der Waals surface area contributed by atoms with E-state index >= 15 is 0 Å². The van der Waals surface area contributed by atoms with Gasteiger partial charge in [0.05, 0.1) is 12.2 Å². The third-order valence-electron chi connectivity index (χ3n) is 5.26. The number of aryl methyl sites for hydroxylation is 2. The number of hydrogen-bond donors (Lipinski definition) is 1. The van der Waals surface area contributed by atoms with Gasteiger partial charge in [-0.3, -0.25) is 4.90 Å². The summed E-state index contributed by atoms with van der Waals surface area (Å²) in [5.41, 5.74) is 1.22. The van der Waals surface area contributed by atoms with Gasteiger partial charge in [-0.25, -0.2) is 4.98 Å². The molecule has 0 aromatic carbocycles. The Morgan fingerprint density at radius 3 is 2.55 bits per heavy atom. The van der Waals surface area contributed by atoms with Crippen LogP contribution in [0, 0.1) is 25.7 Å². The van der Waals surface area contributed by atoms with Crippen molar-refractivity contribution in [1.29, 1.82) is 0 Å². The van der Waals surface area contributed by atoms with E-state index in [9.17, 15) is 0 Å². The monoisotopic (exact) mass is 291 g/mol. The Kier molecular flexibility index (Phi) is 3.36. The second-order valence-corrected chi connectivity index (χ2v) is 8.22. The molecule has 2 saturated carbocycles. The third kappa shape index (κ3) is 2.66. The summed E-state index contributed by atoms with van der Waals surface area (Å²) in [5.74, 6) is 1.90. The van der Waals surface area contributed by atoms with Gasteiger partial charge in [-0.15, -0.1) is 11.3 Å². The minimum atomic E-state index is 0.743. The molecule has 0 radical (unpaired) electrons. The van der Waals surface area contributed by atoms with Gasteiger partial charge in [0.25, 0.3) is 0 Å². The smallest absolute Gasteiger partial charge is 0.107 e. The van der Waals surface area contributed by atoms with Crippen LogP contribution in [0.15, 0.2) is 0 Å². The topological polar surface area (TPSA) is 28.2 Å². The fourth-order valence-electron chi connectivity index (χ4n) is 3.58. The first-order valence-electron chi connectivity index (χ1n) is 8.11. The zero-order valence-electron chi connectivity index (χ0n) is 12.6. The molecule has 1 saturated heterocycles. The predicted molar refractivity (Wildman–Crippen MR) is 83.0 cm³/mol. The minimum absolute atomic E-state index is 0.743. The lowest BCUT2D eigenvalue weighted by Gasteiger charge is -2.40. The Morgan fingerprint density at radius 1 is 1.20 bits per heavy atom. The molecule has 1 N–H and O–H groups in total. The van der Waals surface area contributed by atoms with Crippen molar-refractivity contribution in [3.63, 3.8) is 0 Å². The highest BCUT2D eigenvalue weighted by Gasteiger charge is 2.42. The molecule has 2 heterocycles. The molecular weight excluding hydrogens is 266 g/mol. The number of nitrogens with zero attached hydrogens (tertiary/aromatic N) is 2. The Balaban J connectivity index is 1.48. The highest BCUT2D eigenvalue weighted by molar-refractivity contribution is 7.11. The van der Waals surface area contributed by atoms with Crippen LogP contribution in [0.4, 0.5) is 0 Å². The van der Waals surface area contributed by atoms with Crippen molar-refractivity contribution in [3.05, 3.63) is 15.6 Å². The quantitative estimate of drug-likeness (QED) is 0.924. The second-order valence-electron chi connectivity index (χ2n) is 6.94. The van der Waals surface area contributed by atoms with Crippen LogP contribution in [-0.4, -0.2) is 35.1 Å². The van der Waals surface area contributed by atoms with E-state index in [1.807, 2.05) is 11.3 Å². The van der Waals surface area contributed by atoms with Gasteiger partial charge in [0.15, 0.2) is 0 Å². The van der Waals surface area contributed by atoms with Gasteiger partial charge in [-0.1, -0.05) is 0 Å². The van der Waals surface area contributed by atoms with Gasteiger partial charge in [0.1, 0.15) is 5.01 Å². The maximum absolute atomic E-state index is 4.76. The zero-order chi connectivity index (χ0) is 13.7. The molecule has 4 rings (SSSR count). The zero-order valence-corrected chi connectivity index (χ0v) is 13.4. The molecule has 3 nitrogen and oxygen atoms in total. The predicted octanol–water partition coefficient (Wildman–Crippen LogP) is 2.72. The van der Waals surface area contributed by atoms with E-state index in [4.69, 9.17) is 4.98 Å². The molecule has 1 aliphatic heterocycles. The molecular formula is C16H25N3S. The highest BCUT2D eigenvalue weighted by atomic mass is 32.1. The van der Waals surface area contributed by atoms with Crippen molar-refractivity contribution in [2.24, 2.45) is 11.8 Å². The summed E-state index contributed by atoms with van der Waals surface area (Å²) in [7, 11) is 0. The van der Waals surface area contributed by atoms with E-state index in [1.54, 1.807) is 0 Å². The SMILES string of the molecule is Cc1nc(CN2CC(C3CC3)NCC2C2CC2)sc1C. The Bertz CT molecular complexity index is 470. The molecule has 0 spiro atoms. The van der Waals surface area contributed by atoms with Gasteiger partial charge in [-0.2, -0.15) is 0 Å². The van der Waals surface area contributed by atoms with Crippen LogP contribution in [0.3, 0.4) is 0 Å². The first-order chi connectivity index (χ1) is 9.70. The summed E-state index contributed by atoms with van der Waals surface area (Å²) >= 11 is 1.89. The molecule has 4 heteroatoms. The normalized spacial score (nSPS) is 31.7. The van der Waals surface area contributed by atoms with E-state index in [0.717, 1.165) is 30.5 Å². The molecule has 3 aliphatic rings. The molecule has 1 aromatic heterocycles. The van der Waals surface area contributed by atoms with E-state index in [2.05, 4.69) is 24.1 Å². The lowest BCUT2D eigenvalue weighted by atomic mass is 10.0. The molecule has 110 valence electrons. The summed E-state index contributed by atoms with van der Waals surface area (Å²) in [6.07, 6.45) is 5.75. The Labute approximate surface area is 125 Å². The van der Waals surface area contributed by atoms with Crippen LogP contribution in [0.5, 0.6) is 0 Å². The minimum Gasteiger partial charge on any atom is -0.311 e. The van der Waals surface area contributed by atoms with Gasteiger partial charge >= 0.3 is 0 Å². The summed E-state index contributed by atoms with van der Waals surface area (Å²) in [4.78, 5) is 8.89. The van der Waals surface area contributed by atoms with Gasteiger partial charge in [0.2, 0.25) is 0 Å². The largest absolute Gasteiger partial charge is 0.311 e. The fraction of sp³-hybridized carbons (Fsp3) is 0.812. The van der Waals surface area contributed by atoms with Crippen molar-refractivity contribution in [2.45, 2.75) is 58.2 Å². The van der Waals surface area contributed by atoms with Crippen molar-refractivity contribution in [2.75, 3.05) is 13.1 Å². The van der Waals surface area contributed by atoms with Gasteiger partial charge < -0.3 is 5.32 Å². The van der Waals surface area contributed by atoms with Crippen LogP contribution in [0.1, 0.15) is 41.3 Å². The van der Waals surface area contributed by atoms with Crippen LogP contribution >= 0.6 is 11.3 Å². The third-order valence-corrected chi connectivity index (χ3v) is 6.32. The summed E-state index contributed by atoms with van der Waals surface area (Å²) in [5, 5.41) is 5.15. The number of nitrogens with one attached hydrogen (secondary N) is 1. The first kappa shape index (κ1) is 13.2. The van der Waals surface area contributed by atoms with E-state index < -0.39 is 0 Å². The molecule has 3 fully saturated rings. The summed E-state index contributed by atoms with van der Waals surface area (Å²) in [6, 6.07) is 1.50. The average Bonchev–Trinajstić information content (AvgIpc) is 3.31. The Morgan fingerprint density at radius 2 is 1.95 bits per heavy atom. The lowest BCUT2D eigenvalue weighted by molar-refractivity contribution is 0.100. The molecule has 0 amide bonds. The van der Waals surface area contributed by atoms with Crippen LogP contribution in [-0.2, 0) is 6.54 Å². The molecule has 0 bridgehead atoms. The highest BCUT2D eigenvalue weighted by Crippen LogP contribution is 2.40. The average molecular weight is 291 g/mol. The molecule has 2 aliphatic carbocycles. The van der Waals surface area contributed by atoms with Gasteiger partial charge in [-0.05, 0) is 51.4 Å². The van der Waals surface area contributed by atoms with Crippen LogP contribution in [0.25, 0.3) is 0 Å². The van der Waals surface area contributed by atoms with Crippen LogP contribution in [0.2, 0.25) is 0 Å². The molecule has 1 aromatic rings. The Hall–Kier alpha value is -0.450. The van der Waals surface area contributed by atoms with E-state index in [-0.39, 0.29) is 0 Å². The summed E-state index contributed by atoms with van der Waals surface area (Å²) in [6.45, 7) is 7.85. The van der Waals surface area contributed by atoms with E-state index in [0.29, 0.717) is 0 Å². The number of thiazole rings is 1.